The third-order valence-electron chi connectivity index (χ3n) is 7.22. The van der Waals surface area contributed by atoms with Gasteiger partial charge in [0, 0.05) is 48.9 Å². The monoisotopic (exact) mass is 555 g/mol. The number of aryl methyl sites for hydroxylation is 2. The Morgan fingerprint density at radius 2 is 1.73 bits per heavy atom. The SMILES string of the molecule is CCc1cc2cc(C(=O)N(CC)Cc3nnn(C)n3)ccn2c1C(=O)c1ccc(/C=C/C(C)N(CC)C(C)=O)cc1. The van der Waals surface area contributed by atoms with E-state index in [0.29, 0.717) is 42.2 Å². The van der Waals surface area contributed by atoms with Gasteiger partial charge in [-0.1, -0.05) is 43.3 Å². The molecule has 0 saturated carbocycles. The molecule has 4 rings (SSSR count). The van der Waals surface area contributed by atoms with E-state index in [2.05, 4.69) is 15.4 Å². The second-order valence-corrected chi connectivity index (χ2v) is 9.95. The Balaban J connectivity index is 1.56. The maximum atomic E-state index is 13.7. The zero-order chi connectivity index (χ0) is 29.7. The first-order chi connectivity index (χ1) is 19.7. The molecule has 0 aliphatic heterocycles. The molecule has 0 bridgehead atoms. The topological polar surface area (TPSA) is 106 Å². The predicted octanol–water partition coefficient (Wildman–Crippen LogP) is 4.19. The van der Waals surface area contributed by atoms with Crippen molar-refractivity contribution in [1.29, 1.82) is 0 Å². The van der Waals surface area contributed by atoms with Gasteiger partial charge in [0.2, 0.25) is 11.7 Å². The molecule has 0 radical (unpaired) electrons. The molecule has 0 N–H and O–H groups in total. The molecule has 0 saturated heterocycles. The van der Waals surface area contributed by atoms with Crippen molar-refractivity contribution in [3.63, 3.8) is 0 Å². The van der Waals surface area contributed by atoms with Gasteiger partial charge in [0.15, 0.2) is 5.82 Å². The number of rotatable bonds is 11. The van der Waals surface area contributed by atoms with Crippen molar-refractivity contribution in [3.05, 3.63) is 88.5 Å². The van der Waals surface area contributed by atoms with Gasteiger partial charge in [-0.25, -0.2) is 0 Å². The number of carbonyl (C=O) groups excluding carboxylic acids is 3. The number of hydrogen-bond donors (Lipinski definition) is 0. The second kappa shape index (κ2) is 12.7. The van der Waals surface area contributed by atoms with Crippen LogP contribution in [0.2, 0.25) is 0 Å². The van der Waals surface area contributed by atoms with Gasteiger partial charge in [0.1, 0.15) is 0 Å². The predicted molar refractivity (Wildman–Crippen MR) is 157 cm³/mol. The standard InChI is InChI=1S/C31H37N7O3/c1-7-24-18-27-19-26(31(41)36(8-2)20-28-32-34-35(6)33-28)16-17-38(27)29(24)30(40)25-14-12-23(13-15-25)11-10-21(4)37(9-3)22(5)39/h10-19,21H,7-9,20H2,1-6H3/b11-10+. The van der Waals surface area contributed by atoms with E-state index in [1.54, 1.807) is 36.0 Å². The lowest BCUT2D eigenvalue weighted by Crippen LogP contribution is -2.35. The van der Waals surface area contributed by atoms with Gasteiger partial charge < -0.3 is 14.2 Å². The van der Waals surface area contributed by atoms with Crippen LogP contribution >= 0.6 is 0 Å². The van der Waals surface area contributed by atoms with Crippen molar-refractivity contribution in [2.45, 2.75) is 53.6 Å². The van der Waals surface area contributed by atoms with Crippen LogP contribution in [0, 0.1) is 0 Å². The Morgan fingerprint density at radius 3 is 2.32 bits per heavy atom. The van der Waals surface area contributed by atoms with Crippen LogP contribution in [0.15, 0.2) is 54.7 Å². The summed E-state index contributed by atoms with van der Waals surface area (Å²) in [5, 5.41) is 12.0. The quantitative estimate of drug-likeness (QED) is 0.257. The summed E-state index contributed by atoms with van der Waals surface area (Å²) in [6.45, 7) is 10.8. The van der Waals surface area contributed by atoms with Crippen LogP contribution in [0.1, 0.15) is 78.0 Å². The third-order valence-corrected chi connectivity index (χ3v) is 7.22. The fraction of sp³-hybridized carbons (Fsp3) is 0.355. The molecule has 0 spiro atoms. The van der Waals surface area contributed by atoms with Gasteiger partial charge in [-0.05, 0) is 61.7 Å². The number of amides is 2. The van der Waals surface area contributed by atoms with E-state index in [0.717, 1.165) is 16.6 Å². The lowest BCUT2D eigenvalue weighted by Gasteiger charge is -2.24. The van der Waals surface area contributed by atoms with Crippen LogP contribution in [0.5, 0.6) is 0 Å². The molecule has 214 valence electrons. The largest absolute Gasteiger partial charge is 0.337 e. The average molecular weight is 556 g/mol. The van der Waals surface area contributed by atoms with Gasteiger partial charge in [0.25, 0.3) is 5.91 Å². The summed E-state index contributed by atoms with van der Waals surface area (Å²) < 4.78 is 1.86. The highest BCUT2D eigenvalue weighted by Gasteiger charge is 2.21. The molecule has 2 amide bonds. The molecule has 0 aliphatic rings. The number of ketones is 1. The maximum Gasteiger partial charge on any atom is 0.254 e. The lowest BCUT2D eigenvalue weighted by atomic mass is 10.0. The number of likely N-dealkylation sites (N-methyl/N-ethyl adjacent to an activating group) is 1. The van der Waals surface area contributed by atoms with Crippen molar-refractivity contribution in [2.75, 3.05) is 13.1 Å². The van der Waals surface area contributed by atoms with Crippen molar-refractivity contribution >= 4 is 29.2 Å². The number of nitrogens with zero attached hydrogens (tertiary/aromatic N) is 7. The van der Waals surface area contributed by atoms with Crippen LogP contribution < -0.4 is 0 Å². The van der Waals surface area contributed by atoms with Crippen LogP contribution in [0.3, 0.4) is 0 Å². The van der Waals surface area contributed by atoms with Gasteiger partial charge in [0.05, 0.1) is 19.3 Å². The second-order valence-electron chi connectivity index (χ2n) is 9.95. The Hall–Kier alpha value is -4.60. The summed E-state index contributed by atoms with van der Waals surface area (Å²) in [6.07, 6.45) is 6.41. The number of aromatic nitrogens is 5. The van der Waals surface area contributed by atoms with Crippen LogP contribution in [0.4, 0.5) is 0 Å². The van der Waals surface area contributed by atoms with E-state index in [1.807, 2.05) is 80.6 Å². The molecule has 0 aliphatic carbocycles. The molecule has 4 aromatic rings. The minimum atomic E-state index is -0.141. The van der Waals surface area contributed by atoms with E-state index in [-0.39, 0.29) is 30.2 Å². The summed E-state index contributed by atoms with van der Waals surface area (Å²) in [7, 11) is 1.68. The Labute approximate surface area is 240 Å². The molecule has 1 aromatic carbocycles. The fourth-order valence-electron chi connectivity index (χ4n) is 4.99. The molecule has 10 heteroatoms. The minimum absolute atomic E-state index is 0.0251. The van der Waals surface area contributed by atoms with E-state index in [4.69, 9.17) is 0 Å². The summed E-state index contributed by atoms with van der Waals surface area (Å²) in [6, 6.07) is 13.0. The van der Waals surface area contributed by atoms with Crippen molar-refractivity contribution in [1.82, 2.24) is 34.4 Å². The number of benzene rings is 1. The lowest BCUT2D eigenvalue weighted by molar-refractivity contribution is -0.129. The number of carbonyl (C=O) groups is 3. The highest BCUT2D eigenvalue weighted by Crippen LogP contribution is 2.23. The van der Waals surface area contributed by atoms with Crippen LogP contribution in [-0.4, -0.2) is 71.1 Å². The van der Waals surface area contributed by atoms with Crippen molar-refractivity contribution in [2.24, 2.45) is 7.05 Å². The molecule has 41 heavy (non-hydrogen) atoms. The molecule has 0 fully saturated rings. The number of tetrazole rings is 1. The molecular formula is C31H37N7O3. The van der Waals surface area contributed by atoms with Crippen LogP contribution in [0.25, 0.3) is 11.6 Å². The van der Waals surface area contributed by atoms with E-state index in [1.165, 1.54) is 4.80 Å². The minimum Gasteiger partial charge on any atom is -0.337 e. The zero-order valence-corrected chi connectivity index (χ0v) is 24.5. The summed E-state index contributed by atoms with van der Waals surface area (Å²) in [5.41, 5.74) is 4.34. The highest BCUT2D eigenvalue weighted by molar-refractivity contribution is 6.10. The van der Waals surface area contributed by atoms with E-state index in [9.17, 15) is 14.4 Å². The Kier molecular flexibility index (Phi) is 9.11. The number of fused-ring (bicyclic) bond motifs is 1. The number of hydrogen-bond acceptors (Lipinski definition) is 6. The molecule has 1 unspecified atom stereocenters. The average Bonchev–Trinajstić information content (AvgIpc) is 3.56. The van der Waals surface area contributed by atoms with E-state index < -0.39 is 0 Å². The Morgan fingerprint density at radius 1 is 1.00 bits per heavy atom. The normalized spacial score (nSPS) is 12.1. The maximum absolute atomic E-state index is 13.7. The van der Waals surface area contributed by atoms with Gasteiger partial charge >= 0.3 is 0 Å². The van der Waals surface area contributed by atoms with Crippen molar-refractivity contribution < 1.29 is 14.4 Å². The highest BCUT2D eigenvalue weighted by atomic mass is 16.2. The summed E-state index contributed by atoms with van der Waals surface area (Å²) in [5.74, 6) is 0.290. The van der Waals surface area contributed by atoms with Gasteiger partial charge in [-0.2, -0.15) is 4.80 Å². The first-order valence-corrected chi connectivity index (χ1v) is 13.9. The molecule has 3 heterocycles. The van der Waals surface area contributed by atoms with Gasteiger partial charge in [-0.3, -0.25) is 14.4 Å². The molecule has 10 nitrogen and oxygen atoms in total. The fourth-order valence-corrected chi connectivity index (χ4v) is 4.99. The Bertz CT molecular complexity index is 1580. The summed E-state index contributed by atoms with van der Waals surface area (Å²) in [4.78, 5) is 43.6. The first-order valence-electron chi connectivity index (χ1n) is 13.9. The third kappa shape index (κ3) is 6.42. The summed E-state index contributed by atoms with van der Waals surface area (Å²) >= 11 is 0. The molecule has 3 aromatic heterocycles. The molecule has 1 atom stereocenters. The first kappa shape index (κ1) is 29.4. The van der Waals surface area contributed by atoms with E-state index >= 15 is 0 Å². The van der Waals surface area contributed by atoms with Gasteiger partial charge in [-0.15, -0.1) is 10.2 Å². The van der Waals surface area contributed by atoms with Crippen LogP contribution in [-0.2, 0) is 24.8 Å². The van der Waals surface area contributed by atoms with Crippen molar-refractivity contribution in [3.8, 4) is 0 Å². The number of pyridine rings is 1. The smallest absolute Gasteiger partial charge is 0.254 e. The zero-order valence-electron chi connectivity index (χ0n) is 24.5. The molecular weight excluding hydrogens is 518 g/mol.